The molecule has 648 valence electrons. The van der Waals surface area contributed by atoms with Crippen molar-refractivity contribution >= 4 is 366 Å². The number of benzene rings is 20. The Morgan fingerprint density at radius 1 is 0.143 bits per heavy atom. The highest BCUT2D eigenvalue weighted by Gasteiger charge is 2.27. The predicted octanol–water partition coefficient (Wildman–Crippen LogP) is 38.7. The average Bonchev–Trinajstić information content (AvgIpc) is 1.64. The van der Waals surface area contributed by atoms with Crippen molar-refractivity contribution in [1.82, 2.24) is 17.6 Å². The molecule has 36 rings (SSSR count). The Hall–Kier alpha value is -17.4. The summed E-state index contributed by atoms with van der Waals surface area (Å²) in [6.07, 6.45) is 9.10. The Kier molecular flexibility index (Phi) is 15.3. The predicted molar refractivity (Wildman–Crippen MR) is 600 cm³/mol. The maximum atomic E-state index is 6.54. The van der Waals surface area contributed by atoms with Gasteiger partial charge in [0.05, 0.1) is 44.1 Å². The van der Waals surface area contributed by atoms with Crippen LogP contribution in [0.5, 0.6) is 0 Å². The maximum absolute atomic E-state index is 6.54. The van der Waals surface area contributed by atoms with Crippen molar-refractivity contribution in [2.45, 2.75) is 0 Å². The third kappa shape index (κ3) is 10.4. The summed E-state index contributed by atoms with van der Waals surface area (Å²) in [7, 11) is 0. The van der Waals surface area contributed by atoms with Crippen LogP contribution in [0.4, 0.5) is 0 Å². The molecule has 0 aliphatic heterocycles. The van der Waals surface area contributed by atoms with Crippen molar-refractivity contribution in [1.29, 1.82) is 0 Å². The molecule has 0 bridgehead atoms. The van der Waals surface area contributed by atoms with Crippen molar-refractivity contribution in [3.05, 3.63) is 413 Å². The fraction of sp³-hybridized carbons (Fsp3) is 0. The third-order valence-electron chi connectivity index (χ3n) is 30.2. The Balaban J connectivity index is 0.0000000829. The molecule has 16 aromatic heterocycles. The largest absolute Gasteiger partial charge is 0.456 e. The van der Waals surface area contributed by atoms with Crippen LogP contribution in [0.3, 0.4) is 0 Å². The van der Waals surface area contributed by atoms with Crippen molar-refractivity contribution < 1.29 is 17.7 Å². The molecule has 0 spiro atoms. The summed E-state index contributed by atoms with van der Waals surface area (Å²) in [4.78, 5) is 0. The van der Waals surface area contributed by atoms with Crippen molar-refractivity contribution in [3.8, 4) is 0 Å². The van der Waals surface area contributed by atoms with Gasteiger partial charge in [-0.05, 0) is 137 Å². The van der Waals surface area contributed by atoms with Gasteiger partial charge >= 0.3 is 0 Å². The minimum Gasteiger partial charge on any atom is -0.456 e. The molecule has 20 aromatic carbocycles. The molecule has 0 saturated carbocycles. The molecule has 0 radical (unpaired) electrons. The second-order valence-corrected chi connectivity index (χ2v) is 41.8. The van der Waals surface area contributed by atoms with Crippen LogP contribution in [-0.2, 0) is 0 Å². The molecular weight excluding hydrogens is 1790 g/mol. The lowest BCUT2D eigenvalue weighted by atomic mass is 9.98. The highest BCUT2D eigenvalue weighted by Crippen LogP contribution is 2.53. The number of fused-ring (bicyclic) bond motifs is 60. The van der Waals surface area contributed by atoms with Gasteiger partial charge in [0.15, 0.2) is 16.7 Å². The molecule has 0 aliphatic rings. The van der Waals surface area contributed by atoms with Gasteiger partial charge in [-0.15, -0.1) is 45.3 Å². The van der Waals surface area contributed by atoms with Crippen LogP contribution in [0.2, 0.25) is 0 Å². The van der Waals surface area contributed by atoms with E-state index >= 15 is 0 Å². The maximum Gasteiger partial charge on any atom is 0.160 e. The van der Waals surface area contributed by atoms with E-state index in [1.807, 2.05) is 69.6 Å². The minimum absolute atomic E-state index is 0.930. The van der Waals surface area contributed by atoms with Crippen LogP contribution in [0.1, 0.15) is 0 Å². The molecule has 0 N–H and O–H groups in total. The molecule has 0 aliphatic carbocycles. The van der Waals surface area contributed by atoms with E-state index in [1.54, 1.807) is 0 Å². The monoisotopic (exact) mass is 1850 g/mol. The lowest BCUT2D eigenvalue weighted by molar-refractivity contribution is 0.669. The second kappa shape index (κ2) is 28.2. The van der Waals surface area contributed by atoms with Gasteiger partial charge in [0, 0.05) is 241 Å². The van der Waals surface area contributed by atoms with Crippen LogP contribution in [-0.4, -0.2) is 17.6 Å². The van der Waals surface area contributed by atoms with Gasteiger partial charge in [-0.25, -0.2) is 0 Å². The second-order valence-electron chi connectivity index (χ2n) is 37.4. The van der Waals surface area contributed by atoms with E-state index in [0.717, 1.165) is 98.9 Å². The highest BCUT2D eigenvalue weighted by molar-refractivity contribution is 7.27. The Morgan fingerprint density at radius 3 is 0.893 bits per heavy atom. The molecule has 0 saturated heterocycles. The van der Waals surface area contributed by atoms with E-state index in [-0.39, 0.29) is 0 Å². The number of para-hydroxylation sites is 4. The van der Waals surface area contributed by atoms with Crippen LogP contribution in [0.25, 0.3) is 320 Å². The van der Waals surface area contributed by atoms with Crippen molar-refractivity contribution in [2.75, 3.05) is 0 Å². The number of rotatable bonds is 0. The van der Waals surface area contributed by atoms with Crippen LogP contribution >= 0.6 is 45.3 Å². The molecule has 0 unspecified atom stereocenters. The van der Waals surface area contributed by atoms with E-state index in [4.69, 9.17) is 17.7 Å². The van der Waals surface area contributed by atoms with E-state index in [1.165, 1.54) is 221 Å². The van der Waals surface area contributed by atoms with Gasteiger partial charge in [-0.2, -0.15) is 0 Å². The van der Waals surface area contributed by atoms with Crippen LogP contribution in [0, 0.1) is 0 Å². The summed E-state index contributed by atoms with van der Waals surface area (Å²) in [5.74, 6) is 0. The number of nitrogens with zero attached hydrogens (tertiary/aromatic N) is 4. The molecule has 36 aromatic rings. The average molecular weight is 1850 g/mol. The zero-order chi connectivity index (χ0) is 90.7. The van der Waals surface area contributed by atoms with Gasteiger partial charge < -0.3 is 35.3 Å². The van der Waals surface area contributed by atoms with E-state index in [9.17, 15) is 0 Å². The zero-order valence-corrected chi connectivity index (χ0v) is 77.6. The minimum atomic E-state index is 0.930. The summed E-state index contributed by atoms with van der Waals surface area (Å²) in [5, 5.41) is 45.2. The standard InChI is InChI=1S/4C32H17NOS/c1-2-8-19-18(7-1)17-33-27-16-29-24(20-9-3-5-11-28(20)34-29)14-23(27)22-13-25-21-10-4-6-12-30(21)35-31(25)15-26(22)32(19)33;1-2-8-19-18(7-1)17-33-30(19)26-15-25-21-10-4-6-12-28(21)35-29(25)16-24(26)22-13-14-23-20-9-3-5-11-27(20)34-32(23)31(22)33;1-2-8-19-18(7-1)17-33-30(19)26-16-29-25(21-10-4-6-12-28(21)35-29)15-24(26)22-13-14-23-20-9-3-5-11-27(20)34-32(23)31(22)33;1-2-8-19-18(7-1)17-33-30(19)29-21(15-16-27-28(29)24-10-4-6-12-26(24)35-27)22-13-14-23-20-9-3-5-11-25(20)34-32(23)31(22)33/h4*1-17H. The molecule has 0 fully saturated rings. The fourth-order valence-corrected chi connectivity index (χ4v) is 28.7. The number of aromatic nitrogens is 4. The third-order valence-corrected chi connectivity index (χ3v) is 34.7. The molecule has 12 heteroatoms. The molecule has 16 heterocycles. The zero-order valence-electron chi connectivity index (χ0n) is 74.3. The van der Waals surface area contributed by atoms with Gasteiger partial charge in [-0.1, -0.05) is 267 Å². The molecule has 0 amide bonds. The quantitative estimate of drug-likeness (QED) is 0.142. The SMILES string of the molecule is c1ccc2c(c1)cn1c2c2cc3c(cc2c2ccc4c5ccccc5oc4c21)sc1ccccc13.c1ccc2c(c1)cn1c2c2cc3sc4ccccc4c3cc2c2ccc3c4ccccc4oc3c21.c1ccc2c(c1)cn1c3c(ccc4c5ccccc5oc43)c3ccc4sc5ccccc5c4c3c21.c1ccc2c(c1)cn1c3cc4oc5ccccc5c4cc3c3cc4c(cc3c21)sc1ccccc14. The van der Waals surface area contributed by atoms with Gasteiger partial charge in [0.25, 0.3) is 0 Å². The topological polar surface area (TPSA) is 70.2 Å². The smallest absolute Gasteiger partial charge is 0.160 e. The number of hydrogen-bond acceptors (Lipinski definition) is 8. The van der Waals surface area contributed by atoms with E-state index < -0.39 is 0 Å². The first-order valence-corrected chi connectivity index (χ1v) is 50.7. The Morgan fingerprint density at radius 2 is 0.436 bits per heavy atom. The van der Waals surface area contributed by atoms with Gasteiger partial charge in [0.2, 0.25) is 0 Å². The molecule has 0 atom stereocenters. The van der Waals surface area contributed by atoms with Crippen LogP contribution < -0.4 is 0 Å². The number of furan rings is 4. The summed E-state index contributed by atoms with van der Waals surface area (Å²) in [6, 6.07) is 140. The van der Waals surface area contributed by atoms with Gasteiger partial charge in [0.1, 0.15) is 27.9 Å². The first-order valence-electron chi connectivity index (χ1n) is 47.4. The first-order chi connectivity index (χ1) is 69.4. The number of hydrogen-bond donors (Lipinski definition) is 0. The van der Waals surface area contributed by atoms with Gasteiger partial charge in [-0.3, -0.25) is 0 Å². The van der Waals surface area contributed by atoms with Crippen molar-refractivity contribution in [3.63, 3.8) is 0 Å². The summed E-state index contributed by atoms with van der Waals surface area (Å²) in [6.45, 7) is 0. The summed E-state index contributed by atoms with van der Waals surface area (Å²) >= 11 is 7.51. The normalized spacial score (nSPS) is 12.6. The van der Waals surface area contributed by atoms with Crippen LogP contribution in [0.15, 0.2) is 431 Å². The Bertz CT molecular complexity index is 11900. The fourth-order valence-electron chi connectivity index (χ4n) is 24.2. The summed E-state index contributed by atoms with van der Waals surface area (Å²) < 4.78 is 46.1. The van der Waals surface area contributed by atoms with E-state index in [2.05, 4.69) is 406 Å². The number of pyridine rings is 4. The first kappa shape index (κ1) is 75.9. The van der Waals surface area contributed by atoms with Crippen molar-refractivity contribution in [2.24, 2.45) is 0 Å². The molecule has 8 nitrogen and oxygen atoms in total. The Labute approximate surface area is 807 Å². The number of thiophene rings is 4. The summed E-state index contributed by atoms with van der Waals surface area (Å²) in [5.41, 5.74) is 17.1. The molecular formula is C128H68N4O4S4. The molecule has 140 heavy (non-hydrogen) atoms. The van der Waals surface area contributed by atoms with E-state index in [0.29, 0.717) is 0 Å². The lowest BCUT2D eigenvalue weighted by Crippen LogP contribution is -1.91. The highest BCUT2D eigenvalue weighted by atomic mass is 32.1. The lowest BCUT2D eigenvalue weighted by Gasteiger charge is -2.11.